The molecule has 1 amide bonds. The fraction of sp³-hybridized carbons (Fsp3) is 0.310. The third-order valence-corrected chi connectivity index (χ3v) is 5.39. The van der Waals surface area contributed by atoms with E-state index in [1.54, 1.807) is 82.4 Å². The quantitative estimate of drug-likeness (QED) is 0.289. The number of aromatic nitrogens is 1. The summed E-state index contributed by atoms with van der Waals surface area (Å²) >= 11 is 0. The summed E-state index contributed by atoms with van der Waals surface area (Å²) < 4.78 is 15.9. The molecule has 3 aromatic rings. The van der Waals surface area contributed by atoms with Gasteiger partial charge in [0.2, 0.25) is 0 Å². The van der Waals surface area contributed by atoms with E-state index in [0.717, 1.165) is 0 Å². The number of nitrogens with zero attached hydrogens (tertiary/aromatic N) is 1. The molecule has 37 heavy (non-hydrogen) atoms. The summed E-state index contributed by atoms with van der Waals surface area (Å²) in [6.45, 7) is 7.27. The zero-order valence-corrected chi connectivity index (χ0v) is 21.7. The molecule has 2 aromatic carbocycles. The molecule has 194 valence electrons. The maximum Gasteiger partial charge on any atom is 0.412 e. The second kappa shape index (κ2) is 12.2. The fourth-order valence-corrected chi connectivity index (χ4v) is 3.80. The van der Waals surface area contributed by atoms with E-state index in [0.29, 0.717) is 33.7 Å². The standard InChI is InChI=1S/C29H32N2O6/c1-6-36-27(33)21-14-19(17-30-18-21)15-24(26(32)20-10-8-7-9-11-20)23-13-12-22(35-5)16-25(23)31-28(34)37-29(2,3)4/h7-14,16-18,24H,6,15H2,1-5H3,(H,31,34). The van der Waals surface area contributed by atoms with Gasteiger partial charge in [-0.3, -0.25) is 15.1 Å². The Kier molecular flexibility index (Phi) is 9.00. The number of pyridine rings is 1. The third-order valence-electron chi connectivity index (χ3n) is 5.39. The fourth-order valence-electron chi connectivity index (χ4n) is 3.80. The highest BCUT2D eigenvalue weighted by Gasteiger charge is 2.27. The van der Waals surface area contributed by atoms with E-state index in [9.17, 15) is 14.4 Å². The third kappa shape index (κ3) is 7.64. The van der Waals surface area contributed by atoms with Crippen LogP contribution in [0.25, 0.3) is 0 Å². The number of benzene rings is 2. The van der Waals surface area contributed by atoms with Gasteiger partial charge >= 0.3 is 12.1 Å². The molecular formula is C29H32N2O6. The van der Waals surface area contributed by atoms with Crippen molar-refractivity contribution in [3.63, 3.8) is 0 Å². The molecule has 0 aliphatic heterocycles. The number of amides is 1. The molecule has 0 fully saturated rings. The van der Waals surface area contributed by atoms with Crippen molar-refractivity contribution in [2.75, 3.05) is 19.0 Å². The number of hydrogen-bond donors (Lipinski definition) is 1. The van der Waals surface area contributed by atoms with Crippen LogP contribution in [0.15, 0.2) is 67.0 Å². The van der Waals surface area contributed by atoms with Crippen LogP contribution in [0.4, 0.5) is 10.5 Å². The smallest absolute Gasteiger partial charge is 0.412 e. The van der Waals surface area contributed by atoms with Crippen LogP contribution in [0.2, 0.25) is 0 Å². The second-order valence-electron chi connectivity index (χ2n) is 9.37. The monoisotopic (exact) mass is 504 g/mol. The SMILES string of the molecule is CCOC(=O)c1cncc(CC(C(=O)c2ccccc2)c2ccc(OC)cc2NC(=O)OC(C)(C)C)c1. The summed E-state index contributed by atoms with van der Waals surface area (Å²) in [5.41, 5.74) is 1.73. The number of ether oxygens (including phenoxy) is 3. The first kappa shape index (κ1) is 27.4. The van der Waals surface area contributed by atoms with Crippen LogP contribution in [0.5, 0.6) is 5.75 Å². The number of Topliss-reactive ketones (excluding diaryl/α,β-unsaturated/α-hetero) is 1. The minimum Gasteiger partial charge on any atom is -0.497 e. The normalized spacial score (nSPS) is 11.8. The van der Waals surface area contributed by atoms with Gasteiger partial charge in [-0.2, -0.15) is 0 Å². The maximum absolute atomic E-state index is 13.8. The molecule has 0 aliphatic rings. The Labute approximate surface area is 217 Å². The molecule has 0 saturated carbocycles. The topological polar surface area (TPSA) is 104 Å². The lowest BCUT2D eigenvalue weighted by Crippen LogP contribution is -2.28. The summed E-state index contributed by atoms with van der Waals surface area (Å²) in [5.74, 6) is -0.844. The van der Waals surface area contributed by atoms with E-state index in [4.69, 9.17) is 14.2 Å². The Hall–Kier alpha value is -4.20. The number of ketones is 1. The van der Waals surface area contributed by atoms with Gasteiger partial charge in [0.15, 0.2) is 5.78 Å². The molecule has 1 atom stereocenters. The molecule has 0 saturated heterocycles. The Balaban J connectivity index is 2.06. The van der Waals surface area contributed by atoms with Crippen LogP contribution in [0.3, 0.4) is 0 Å². The molecule has 8 heteroatoms. The van der Waals surface area contributed by atoms with E-state index in [1.807, 2.05) is 6.07 Å². The zero-order chi connectivity index (χ0) is 27.0. The van der Waals surface area contributed by atoms with Gasteiger partial charge in [-0.1, -0.05) is 36.4 Å². The average Bonchev–Trinajstić information content (AvgIpc) is 2.86. The Bertz CT molecular complexity index is 1250. The Morgan fingerprint density at radius 1 is 0.973 bits per heavy atom. The number of hydrogen-bond acceptors (Lipinski definition) is 7. The highest BCUT2D eigenvalue weighted by molar-refractivity contribution is 6.02. The summed E-state index contributed by atoms with van der Waals surface area (Å²) in [5, 5.41) is 2.78. The van der Waals surface area contributed by atoms with Crippen LogP contribution in [0.1, 0.15) is 65.5 Å². The summed E-state index contributed by atoms with van der Waals surface area (Å²) in [7, 11) is 1.52. The van der Waals surface area contributed by atoms with Gasteiger partial charge in [-0.25, -0.2) is 9.59 Å². The van der Waals surface area contributed by atoms with Gasteiger partial charge in [-0.15, -0.1) is 0 Å². The highest BCUT2D eigenvalue weighted by Crippen LogP contribution is 2.34. The number of esters is 1. The minimum atomic E-state index is -0.711. The van der Waals surface area contributed by atoms with Gasteiger partial charge in [0, 0.05) is 24.0 Å². The van der Waals surface area contributed by atoms with Crippen LogP contribution in [-0.4, -0.2) is 42.1 Å². The van der Waals surface area contributed by atoms with Crippen molar-refractivity contribution >= 4 is 23.5 Å². The van der Waals surface area contributed by atoms with E-state index < -0.39 is 23.6 Å². The molecule has 1 aromatic heterocycles. The number of carbonyl (C=O) groups excluding carboxylic acids is 3. The van der Waals surface area contributed by atoms with Crippen LogP contribution in [0, 0.1) is 0 Å². The second-order valence-corrected chi connectivity index (χ2v) is 9.37. The molecule has 0 radical (unpaired) electrons. The van der Waals surface area contributed by atoms with Crippen molar-refractivity contribution in [3.8, 4) is 5.75 Å². The molecule has 8 nitrogen and oxygen atoms in total. The first-order valence-corrected chi connectivity index (χ1v) is 12.0. The lowest BCUT2D eigenvalue weighted by Gasteiger charge is -2.23. The molecule has 0 aliphatic carbocycles. The van der Waals surface area contributed by atoms with Gasteiger partial charge in [0.05, 0.1) is 30.9 Å². The lowest BCUT2D eigenvalue weighted by molar-refractivity contribution is 0.0524. The molecule has 0 spiro atoms. The predicted molar refractivity (Wildman–Crippen MR) is 140 cm³/mol. The van der Waals surface area contributed by atoms with Gasteiger partial charge in [-0.05, 0) is 57.4 Å². The first-order valence-electron chi connectivity index (χ1n) is 12.0. The van der Waals surface area contributed by atoms with Crippen molar-refractivity contribution in [1.82, 2.24) is 4.98 Å². The van der Waals surface area contributed by atoms with E-state index in [1.165, 1.54) is 13.3 Å². The van der Waals surface area contributed by atoms with Crippen molar-refractivity contribution in [1.29, 1.82) is 0 Å². The largest absolute Gasteiger partial charge is 0.497 e. The van der Waals surface area contributed by atoms with E-state index in [-0.39, 0.29) is 18.8 Å². The highest BCUT2D eigenvalue weighted by atomic mass is 16.6. The average molecular weight is 505 g/mol. The minimum absolute atomic E-state index is 0.153. The van der Waals surface area contributed by atoms with Gasteiger partial charge in [0.25, 0.3) is 0 Å². The maximum atomic E-state index is 13.8. The van der Waals surface area contributed by atoms with Gasteiger partial charge < -0.3 is 14.2 Å². The number of rotatable bonds is 9. The molecule has 3 rings (SSSR count). The number of anilines is 1. The first-order chi connectivity index (χ1) is 17.6. The van der Waals surface area contributed by atoms with Crippen molar-refractivity contribution in [3.05, 3.63) is 89.2 Å². The summed E-state index contributed by atoms with van der Waals surface area (Å²) in [4.78, 5) is 42.9. The molecule has 0 bridgehead atoms. The van der Waals surface area contributed by atoms with Crippen molar-refractivity contribution < 1.29 is 28.6 Å². The van der Waals surface area contributed by atoms with E-state index in [2.05, 4.69) is 10.3 Å². The predicted octanol–water partition coefficient (Wildman–Crippen LogP) is 5.82. The molecule has 1 N–H and O–H groups in total. The summed E-state index contributed by atoms with van der Waals surface area (Å²) in [6.07, 6.45) is 2.61. The number of carbonyl (C=O) groups is 3. The van der Waals surface area contributed by atoms with Gasteiger partial charge in [0.1, 0.15) is 11.4 Å². The number of nitrogens with one attached hydrogen (secondary N) is 1. The van der Waals surface area contributed by atoms with Crippen LogP contribution >= 0.6 is 0 Å². The van der Waals surface area contributed by atoms with E-state index >= 15 is 0 Å². The van der Waals surface area contributed by atoms with Crippen LogP contribution < -0.4 is 10.1 Å². The summed E-state index contributed by atoms with van der Waals surface area (Å²) in [6, 6.07) is 15.7. The number of methoxy groups -OCH3 is 1. The molecular weight excluding hydrogens is 472 g/mol. The Morgan fingerprint density at radius 2 is 1.70 bits per heavy atom. The molecule has 1 unspecified atom stereocenters. The molecule has 1 heterocycles. The van der Waals surface area contributed by atoms with Crippen LogP contribution in [-0.2, 0) is 15.9 Å². The Morgan fingerprint density at radius 3 is 2.35 bits per heavy atom. The lowest BCUT2D eigenvalue weighted by atomic mass is 9.84. The zero-order valence-electron chi connectivity index (χ0n) is 21.7. The van der Waals surface area contributed by atoms with Crippen molar-refractivity contribution in [2.24, 2.45) is 0 Å². The van der Waals surface area contributed by atoms with Crippen molar-refractivity contribution in [2.45, 2.75) is 45.6 Å².